The first-order chi connectivity index (χ1) is 30.0. The molecule has 0 aliphatic carbocycles. The van der Waals surface area contributed by atoms with Gasteiger partial charge in [0.15, 0.2) is 0 Å². The van der Waals surface area contributed by atoms with Crippen molar-refractivity contribution in [3.8, 4) is 51.8 Å². The highest BCUT2D eigenvalue weighted by molar-refractivity contribution is 6.37. The van der Waals surface area contributed by atoms with Gasteiger partial charge in [0, 0.05) is 32.7 Å². The molecule has 10 aromatic rings. The third kappa shape index (κ3) is 5.09. The highest BCUT2D eigenvalue weighted by Crippen LogP contribution is 2.45. The lowest BCUT2D eigenvalue weighted by Crippen LogP contribution is -2.30. The Kier molecular flexibility index (Phi) is 7.80. The Labute approximate surface area is 348 Å². The van der Waals surface area contributed by atoms with Gasteiger partial charge in [-0.25, -0.2) is 4.90 Å². The molecule has 0 spiro atoms. The van der Waals surface area contributed by atoms with Crippen molar-refractivity contribution in [3.05, 3.63) is 198 Å². The molecule has 8 heteroatoms. The molecule has 0 atom stereocenters. The molecule has 2 aromatic heterocycles. The topological polar surface area (TPSA) is 119 Å². The van der Waals surface area contributed by atoms with E-state index in [4.69, 9.17) is 0 Å². The number of aromatic nitrogens is 2. The second-order valence-corrected chi connectivity index (χ2v) is 14.9. The average molecular weight is 781 g/mol. The van der Waals surface area contributed by atoms with Gasteiger partial charge in [-0.05, 0) is 77.9 Å². The smallest absolute Gasteiger partial charge is 0.266 e. The number of para-hydroxylation sites is 3. The van der Waals surface area contributed by atoms with E-state index in [1.54, 1.807) is 30.3 Å². The molecular formula is C53H28N6O2. The van der Waals surface area contributed by atoms with Crippen LogP contribution < -0.4 is 4.90 Å². The molecule has 0 bridgehead atoms. The maximum atomic E-state index is 15.0. The Balaban J connectivity index is 1.23. The van der Waals surface area contributed by atoms with Crippen molar-refractivity contribution in [3.63, 3.8) is 0 Å². The molecule has 8 aromatic carbocycles. The number of carbonyl (C=O) groups is 2. The second-order valence-electron chi connectivity index (χ2n) is 14.9. The van der Waals surface area contributed by atoms with Gasteiger partial charge in [-0.1, -0.05) is 103 Å². The summed E-state index contributed by atoms with van der Waals surface area (Å²) >= 11 is 0. The third-order valence-corrected chi connectivity index (χ3v) is 11.8. The molecular weight excluding hydrogens is 753 g/mol. The van der Waals surface area contributed by atoms with E-state index in [0.717, 1.165) is 54.7 Å². The molecule has 282 valence electrons. The Morgan fingerprint density at radius 2 is 0.951 bits per heavy atom. The highest BCUT2D eigenvalue weighted by atomic mass is 16.2. The van der Waals surface area contributed by atoms with Crippen LogP contribution in [-0.4, -0.2) is 20.9 Å². The molecule has 1 aliphatic rings. The van der Waals surface area contributed by atoms with Crippen LogP contribution in [0.1, 0.15) is 37.4 Å². The predicted octanol–water partition coefficient (Wildman–Crippen LogP) is 11.6. The van der Waals surface area contributed by atoms with Crippen LogP contribution in [0.5, 0.6) is 0 Å². The number of fused-ring (bicyclic) bond motifs is 7. The summed E-state index contributed by atoms with van der Waals surface area (Å²) in [6.45, 7) is 0. The van der Waals surface area contributed by atoms with Crippen molar-refractivity contribution in [2.75, 3.05) is 4.90 Å². The Bertz CT molecular complexity index is 3690. The van der Waals surface area contributed by atoms with Crippen LogP contribution in [0.2, 0.25) is 0 Å². The van der Waals surface area contributed by atoms with Crippen LogP contribution in [0, 0.1) is 34.0 Å². The number of anilines is 1. The van der Waals surface area contributed by atoms with E-state index in [9.17, 15) is 20.6 Å². The van der Waals surface area contributed by atoms with Crippen molar-refractivity contribution in [2.24, 2.45) is 0 Å². The molecule has 11 rings (SSSR count). The standard InChI is InChI=1S/C53H28N6O2/c54-29-32-21-24-47-41(27-32)36-14-5-8-19-45(36)57(47)49-26-23-39(51(43(49)31-56)58-46-20-9-6-15-37(46)42-28-33(30-55)22-25-48(42)58)38-16-10-17-40-50(38)53(61)59(52(40)60)44-18-7-4-13-35(44)34-11-2-1-3-12-34/h1-28H. The minimum Gasteiger partial charge on any atom is -0.308 e. The minimum atomic E-state index is -0.468. The molecule has 0 fully saturated rings. The van der Waals surface area contributed by atoms with Crippen LogP contribution in [0.3, 0.4) is 0 Å². The number of amides is 2. The van der Waals surface area contributed by atoms with Gasteiger partial charge in [0.1, 0.15) is 11.6 Å². The van der Waals surface area contributed by atoms with E-state index in [2.05, 4.69) is 18.2 Å². The second kappa shape index (κ2) is 13.5. The maximum Gasteiger partial charge on any atom is 0.266 e. The van der Waals surface area contributed by atoms with Crippen LogP contribution in [0.25, 0.3) is 77.2 Å². The van der Waals surface area contributed by atoms with Gasteiger partial charge < -0.3 is 9.13 Å². The summed E-state index contributed by atoms with van der Waals surface area (Å²) in [6, 6.07) is 60.1. The lowest BCUT2D eigenvalue weighted by molar-refractivity contribution is 0.0926. The van der Waals surface area contributed by atoms with Gasteiger partial charge in [0.2, 0.25) is 0 Å². The molecule has 8 nitrogen and oxygen atoms in total. The van der Waals surface area contributed by atoms with E-state index in [-0.39, 0.29) is 11.1 Å². The number of imide groups is 1. The van der Waals surface area contributed by atoms with Crippen LogP contribution in [0.15, 0.2) is 170 Å². The van der Waals surface area contributed by atoms with Crippen LogP contribution >= 0.6 is 0 Å². The Hall–Kier alpha value is -9.03. The molecule has 0 radical (unpaired) electrons. The zero-order chi connectivity index (χ0) is 41.4. The summed E-state index contributed by atoms with van der Waals surface area (Å²) < 4.78 is 4.08. The highest BCUT2D eigenvalue weighted by Gasteiger charge is 2.40. The number of benzene rings is 8. The fraction of sp³-hybridized carbons (Fsp3) is 0. The van der Waals surface area contributed by atoms with Gasteiger partial charge in [-0.2, -0.15) is 15.8 Å². The summed E-state index contributed by atoms with van der Waals surface area (Å²) in [6.07, 6.45) is 0. The minimum absolute atomic E-state index is 0.238. The normalized spacial score (nSPS) is 12.2. The summed E-state index contributed by atoms with van der Waals surface area (Å²) in [4.78, 5) is 30.8. The van der Waals surface area contributed by atoms with Crippen molar-refractivity contribution >= 4 is 61.1 Å². The SMILES string of the molecule is N#Cc1ccc2c(c1)c1ccccc1n2-c1ccc(-c2cccc3c2C(=O)N(c2ccccc2-c2ccccc2)C3=O)c(-n2c3ccccc3c3cc(C#N)ccc32)c1C#N. The molecule has 0 saturated heterocycles. The fourth-order valence-electron chi connectivity index (χ4n) is 9.17. The van der Waals surface area contributed by atoms with Crippen molar-refractivity contribution < 1.29 is 9.59 Å². The number of nitrogens with zero attached hydrogens (tertiary/aromatic N) is 6. The van der Waals surface area contributed by atoms with Crippen LogP contribution in [0.4, 0.5) is 5.69 Å². The van der Waals surface area contributed by atoms with Gasteiger partial charge in [-0.15, -0.1) is 0 Å². The lowest BCUT2D eigenvalue weighted by Gasteiger charge is -2.21. The summed E-state index contributed by atoms with van der Waals surface area (Å²) in [5.41, 5.74) is 9.26. The quantitative estimate of drug-likeness (QED) is 0.161. The molecule has 1 aliphatic heterocycles. The monoisotopic (exact) mass is 780 g/mol. The number of rotatable bonds is 5. The molecule has 0 N–H and O–H groups in total. The zero-order valence-corrected chi connectivity index (χ0v) is 32.2. The fourth-order valence-corrected chi connectivity index (χ4v) is 9.17. The molecule has 2 amide bonds. The van der Waals surface area contributed by atoms with Crippen molar-refractivity contribution in [1.29, 1.82) is 15.8 Å². The Morgan fingerprint density at radius 3 is 1.62 bits per heavy atom. The summed E-state index contributed by atoms with van der Waals surface area (Å²) in [5, 5.41) is 34.8. The summed E-state index contributed by atoms with van der Waals surface area (Å²) in [5.74, 6) is -0.907. The number of carbonyl (C=O) groups excluding carboxylic acids is 2. The van der Waals surface area contributed by atoms with E-state index in [0.29, 0.717) is 44.9 Å². The van der Waals surface area contributed by atoms with Gasteiger partial charge in [-0.3, -0.25) is 9.59 Å². The average Bonchev–Trinajstić information content (AvgIpc) is 3.92. The van der Waals surface area contributed by atoms with E-state index in [1.165, 1.54) is 4.90 Å². The van der Waals surface area contributed by atoms with E-state index in [1.807, 2.05) is 149 Å². The third-order valence-electron chi connectivity index (χ3n) is 11.8. The zero-order valence-electron chi connectivity index (χ0n) is 32.2. The number of nitriles is 3. The van der Waals surface area contributed by atoms with E-state index >= 15 is 4.79 Å². The first-order valence-electron chi connectivity index (χ1n) is 19.6. The number of hydrogen-bond acceptors (Lipinski definition) is 5. The largest absolute Gasteiger partial charge is 0.308 e. The first kappa shape index (κ1) is 35.2. The molecule has 0 saturated carbocycles. The van der Waals surface area contributed by atoms with Crippen LogP contribution in [-0.2, 0) is 0 Å². The van der Waals surface area contributed by atoms with Crippen molar-refractivity contribution in [1.82, 2.24) is 9.13 Å². The Morgan fingerprint density at radius 1 is 0.393 bits per heavy atom. The lowest BCUT2D eigenvalue weighted by atomic mass is 9.92. The maximum absolute atomic E-state index is 15.0. The van der Waals surface area contributed by atoms with Gasteiger partial charge >= 0.3 is 0 Å². The van der Waals surface area contributed by atoms with E-state index < -0.39 is 11.8 Å². The first-order valence-corrected chi connectivity index (χ1v) is 19.6. The molecule has 0 unspecified atom stereocenters. The summed E-state index contributed by atoms with van der Waals surface area (Å²) in [7, 11) is 0. The number of hydrogen-bond donors (Lipinski definition) is 0. The molecule has 3 heterocycles. The molecule has 61 heavy (non-hydrogen) atoms. The van der Waals surface area contributed by atoms with Gasteiger partial charge in [0.05, 0.1) is 73.5 Å². The van der Waals surface area contributed by atoms with Crippen molar-refractivity contribution in [2.45, 2.75) is 0 Å². The predicted molar refractivity (Wildman–Crippen MR) is 238 cm³/mol. The van der Waals surface area contributed by atoms with Gasteiger partial charge in [0.25, 0.3) is 11.8 Å².